The van der Waals surface area contributed by atoms with Gasteiger partial charge in [0.15, 0.2) is 0 Å². The number of ether oxygens (including phenoxy) is 1. The maximum atomic E-state index is 12.9. The van der Waals surface area contributed by atoms with Crippen molar-refractivity contribution in [2.24, 2.45) is 0 Å². The van der Waals surface area contributed by atoms with Gasteiger partial charge in [-0.05, 0) is 37.6 Å². The van der Waals surface area contributed by atoms with Crippen LogP contribution < -0.4 is 5.32 Å². The molecule has 4 rings (SSSR count). The first-order valence-corrected chi connectivity index (χ1v) is 10.3. The SMILES string of the molecule is CCn1c(C)nc2cc(NC(=O)C[C@H](c3ccccc3)N3CCOCC3)ccc21. The maximum absolute atomic E-state index is 12.9. The molecule has 1 amide bonds. The number of morpholine rings is 1. The minimum atomic E-state index is 0.0105. The van der Waals surface area contributed by atoms with Crippen molar-refractivity contribution in [3.63, 3.8) is 0 Å². The minimum absolute atomic E-state index is 0.0105. The van der Waals surface area contributed by atoms with Crippen LogP contribution in [0.15, 0.2) is 48.5 Å². The van der Waals surface area contributed by atoms with Crippen molar-refractivity contribution in [2.75, 3.05) is 31.6 Å². The van der Waals surface area contributed by atoms with E-state index in [1.165, 1.54) is 0 Å². The highest BCUT2D eigenvalue weighted by Crippen LogP contribution is 2.26. The summed E-state index contributed by atoms with van der Waals surface area (Å²) in [6, 6.07) is 16.3. The van der Waals surface area contributed by atoms with Gasteiger partial charge in [-0.3, -0.25) is 9.69 Å². The number of imidazole rings is 1. The van der Waals surface area contributed by atoms with Crippen LogP contribution in [0, 0.1) is 6.92 Å². The molecule has 29 heavy (non-hydrogen) atoms. The van der Waals surface area contributed by atoms with Gasteiger partial charge in [-0.25, -0.2) is 4.98 Å². The van der Waals surface area contributed by atoms with E-state index >= 15 is 0 Å². The van der Waals surface area contributed by atoms with Gasteiger partial charge in [0.1, 0.15) is 5.82 Å². The predicted molar refractivity (Wildman–Crippen MR) is 115 cm³/mol. The van der Waals surface area contributed by atoms with E-state index in [0.29, 0.717) is 19.6 Å². The molecule has 3 aromatic rings. The van der Waals surface area contributed by atoms with Gasteiger partial charge in [0.05, 0.1) is 24.2 Å². The molecule has 0 radical (unpaired) electrons. The average Bonchev–Trinajstić information content (AvgIpc) is 3.07. The molecule has 1 saturated heterocycles. The lowest BCUT2D eigenvalue weighted by atomic mass is 10.0. The van der Waals surface area contributed by atoms with Gasteiger partial charge < -0.3 is 14.6 Å². The van der Waals surface area contributed by atoms with Crippen molar-refractivity contribution < 1.29 is 9.53 Å². The number of carbonyl (C=O) groups is 1. The van der Waals surface area contributed by atoms with E-state index in [9.17, 15) is 4.79 Å². The molecular weight excluding hydrogens is 364 g/mol. The van der Waals surface area contributed by atoms with Gasteiger partial charge in [-0.15, -0.1) is 0 Å². The molecule has 0 aliphatic carbocycles. The highest BCUT2D eigenvalue weighted by atomic mass is 16.5. The van der Waals surface area contributed by atoms with Gasteiger partial charge >= 0.3 is 0 Å². The third-order valence-electron chi connectivity index (χ3n) is 5.59. The van der Waals surface area contributed by atoms with Gasteiger partial charge in [-0.1, -0.05) is 30.3 Å². The summed E-state index contributed by atoms with van der Waals surface area (Å²) in [7, 11) is 0. The van der Waals surface area contributed by atoms with E-state index in [1.807, 2.05) is 43.3 Å². The first kappa shape index (κ1) is 19.6. The molecule has 0 spiro atoms. The number of amides is 1. The molecule has 0 saturated carbocycles. The van der Waals surface area contributed by atoms with Crippen LogP contribution in [0.25, 0.3) is 11.0 Å². The first-order chi connectivity index (χ1) is 14.2. The Morgan fingerprint density at radius 1 is 1.17 bits per heavy atom. The van der Waals surface area contributed by atoms with E-state index in [2.05, 4.69) is 38.8 Å². The molecule has 6 heteroatoms. The largest absolute Gasteiger partial charge is 0.379 e. The van der Waals surface area contributed by atoms with Crippen molar-refractivity contribution in [3.05, 3.63) is 59.9 Å². The molecule has 2 heterocycles. The molecule has 152 valence electrons. The van der Waals surface area contributed by atoms with Crippen molar-refractivity contribution in [1.29, 1.82) is 0 Å². The van der Waals surface area contributed by atoms with Crippen LogP contribution in [0.4, 0.5) is 5.69 Å². The fraction of sp³-hybridized carbons (Fsp3) is 0.391. The smallest absolute Gasteiger partial charge is 0.226 e. The summed E-state index contributed by atoms with van der Waals surface area (Å²) >= 11 is 0. The third kappa shape index (κ3) is 4.33. The topological polar surface area (TPSA) is 59.4 Å². The molecule has 1 aromatic heterocycles. The summed E-state index contributed by atoms with van der Waals surface area (Å²) in [6.45, 7) is 8.10. The molecule has 0 unspecified atom stereocenters. The average molecular weight is 393 g/mol. The number of nitrogens with one attached hydrogen (secondary N) is 1. The summed E-state index contributed by atoms with van der Waals surface area (Å²) in [4.78, 5) is 19.9. The Balaban J connectivity index is 1.51. The highest BCUT2D eigenvalue weighted by molar-refractivity contribution is 5.93. The molecular formula is C23H28N4O2. The Labute approximate surface area is 171 Å². The number of nitrogens with zero attached hydrogens (tertiary/aromatic N) is 3. The van der Waals surface area contributed by atoms with Crippen molar-refractivity contribution in [3.8, 4) is 0 Å². The number of rotatable bonds is 6. The van der Waals surface area contributed by atoms with E-state index in [0.717, 1.165) is 47.7 Å². The van der Waals surface area contributed by atoms with Crippen LogP contribution in [-0.4, -0.2) is 46.7 Å². The number of benzene rings is 2. The number of anilines is 1. The lowest BCUT2D eigenvalue weighted by Crippen LogP contribution is -2.40. The maximum Gasteiger partial charge on any atom is 0.226 e. The zero-order valence-electron chi connectivity index (χ0n) is 17.1. The summed E-state index contributed by atoms with van der Waals surface area (Å²) in [5.41, 5.74) is 3.96. The normalized spacial score (nSPS) is 16.1. The van der Waals surface area contributed by atoms with Gasteiger partial charge in [-0.2, -0.15) is 0 Å². The molecule has 1 aliphatic rings. The number of aromatic nitrogens is 2. The quantitative estimate of drug-likeness (QED) is 0.694. The molecule has 1 N–H and O–H groups in total. The van der Waals surface area contributed by atoms with Crippen LogP contribution in [-0.2, 0) is 16.1 Å². The van der Waals surface area contributed by atoms with E-state index in [1.54, 1.807) is 0 Å². The van der Waals surface area contributed by atoms with Gasteiger partial charge in [0.25, 0.3) is 0 Å². The Bertz CT molecular complexity index is 977. The number of fused-ring (bicyclic) bond motifs is 1. The summed E-state index contributed by atoms with van der Waals surface area (Å²) < 4.78 is 7.67. The first-order valence-electron chi connectivity index (χ1n) is 10.3. The van der Waals surface area contributed by atoms with E-state index in [-0.39, 0.29) is 11.9 Å². The molecule has 0 bridgehead atoms. The Kier molecular flexibility index (Phi) is 5.92. The van der Waals surface area contributed by atoms with E-state index in [4.69, 9.17) is 4.74 Å². The molecule has 6 nitrogen and oxygen atoms in total. The van der Waals surface area contributed by atoms with Crippen molar-refractivity contribution >= 4 is 22.6 Å². The van der Waals surface area contributed by atoms with Crippen LogP contribution in [0.5, 0.6) is 0 Å². The van der Waals surface area contributed by atoms with Gasteiger partial charge in [0.2, 0.25) is 5.91 Å². The number of hydrogen-bond donors (Lipinski definition) is 1. The number of carbonyl (C=O) groups excluding carboxylic acids is 1. The summed E-state index contributed by atoms with van der Waals surface area (Å²) in [5.74, 6) is 0.999. The monoisotopic (exact) mass is 392 g/mol. The van der Waals surface area contributed by atoms with Gasteiger partial charge in [0, 0.05) is 37.8 Å². The van der Waals surface area contributed by atoms with Crippen LogP contribution in [0.3, 0.4) is 0 Å². The Morgan fingerprint density at radius 2 is 1.93 bits per heavy atom. The second-order valence-corrected chi connectivity index (χ2v) is 7.43. The number of aryl methyl sites for hydroxylation is 2. The highest BCUT2D eigenvalue weighted by Gasteiger charge is 2.25. The Hall–Kier alpha value is -2.70. The molecule has 1 fully saturated rings. The molecule has 1 aliphatic heterocycles. The lowest BCUT2D eigenvalue weighted by molar-refractivity contribution is -0.118. The third-order valence-corrected chi connectivity index (χ3v) is 5.59. The van der Waals surface area contributed by atoms with Crippen LogP contribution in [0.1, 0.15) is 30.8 Å². The fourth-order valence-corrected chi connectivity index (χ4v) is 4.14. The van der Waals surface area contributed by atoms with Crippen molar-refractivity contribution in [2.45, 2.75) is 32.9 Å². The molecule has 2 aromatic carbocycles. The van der Waals surface area contributed by atoms with Crippen LogP contribution in [0.2, 0.25) is 0 Å². The fourth-order valence-electron chi connectivity index (χ4n) is 4.14. The Morgan fingerprint density at radius 3 is 2.66 bits per heavy atom. The second-order valence-electron chi connectivity index (χ2n) is 7.43. The number of hydrogen-bond acceptors (Lipinski definition) is 4. The lowest BCUT2D eigenvalue weighted by Gasteiger charge is -2.34. The minimum Gasteiger partial charge on any atom is -0.379 e. The van der Waals surface area contributed by atoms with E-state index < -0.39 is 0 Å². The van der Waals surface area contributed by atoms with Crippen LogP contribution >= 0.6 is 0 Å². The zero-order valence-corrected chi connectivity index (χ0v) is 17.1. The summed E-state index contributed by atoms with van der Waals surface area (Å²) in [6.07, 6.45) is 0.407. The second kappa shape index (κ2) is 8.76. The van der Waals surface area contributed by atoms with Crippen molar-refractivity contribution in [1.82, 2.24) is 14.5 Å². The standard InChI is InChI=1S/C23H28N4O2/c1-3-27-17(2)24-20-15-19(9-10-21(20)27)25-23(28)16-22(18-7-5-4-6-8-18)26-11-13-29-14-12-26/h4-10,15,22H,3,11-14,16H2,1-2H3,(H,25,28)/t22-/m1/s1. The zero-order chi connectivity index (χ0) is 20.2. The predicted octanol–water partition coefficient (Wildman–Crippen LogP) is 3.77. The molecule has 1 atom stereocenters. The summed E-state index contributed by atoms with van der Waals surface area (Å²) in [5, 5.41) is 3.07.